The fraction of sp³-hybridized carbons (Fsp3) is 0.238. The molecule has 0 amide bonds. The number of aromatic nitrogens is 2. The van der Waals surface area contributed by atoms with Crippen LogP contribution < -0.4 is 14.9 Å². The van der Waals surface area contributed by atoms with E-state index in [2.05, 4.69) is 24.9 Å². The molecule has 168 valence electrons. The molecule has 1 aromatic heterocycles. The van der Waals surface area contributed by atoms with Crippen molar-refractivity contribution < 1.29 is 13.2 Å². The fourth-order valence-electron chi connectivity index (χ4n) is 3.23. The normalized spacial score (nSPS) is 14.3. The van der Waals surface area contributed by atoms with Gasteiger partial charge in [0.05, 0.1) is 18.2 Å². The molecule has 2 heterocycles. The van der Waals surface area contributed by atoms with Gasteiger partial charge in [0.2, 0.25) is 0 Å². The van der Waals surface area contributed by atoms with Crippen LogP contribution in [-0.4, -0.2) is 44.7 Å². The predicted octanol–water partition coefficient (Wildman–Crippen LogP) is 4.47. The SMILES string of the molecule is Cc1nc(Nc2ccc(NS(=O)(=O)c3cc(Cl)ccc3Cl)cc2)cc(N2CCOCC2)n1. The molecule has 0 radical (unpaired) electrons. The number of hydrogen-bond acceptors (Lipinski definition) is 7. The van der Waals surface area contributed by atoms with Crippen molar-refractivity contribution in [2.45, 2.75) is 11.8 Å². The van der Waals surface area contributed by atoms with E-state index in [1.165, 1.54) is 18.2 Å². The van der Waals surface area contributed by atoms with Crippen LogP contribution in [0.1, 0.15) is 5.82 Å². The van der Waals surface area contributed by atoms with Crippen molar-refractivity contribution >= 4 is 56.2 Å². The van der Waals surface area contributed by atoms with E-state index in [0.717, 1.165) is 24.6 Å². The number of aryl methyl sites for hydroxylation is 1. The fourth-order valence-corrected chi connectivity index (χ4v) is 5.06. The number of sulfonamides is 1. The maximum atomic E-state index is 12.7. The molecule has 1 saturated heterocycles. The van der Waals surface area contributed by atoms with Crippen molar-refractivity contribution in [2.24, 2.45) is 0 Å². The van der Waals surface area contributed by atoms with E-state index in [4.69, 9.17) is 27.9 Å². The second kappa shape index (κ2) is 9.50. The number of rotatable bonds is 6. The first-order valence-corrected chi connectivity index (χ1v) is 12.1. The van der Waals surface area contributed by atoms with Crippen LogP contribution in [0, 0.1) is 6.92 Å². The molecule has 0 saturated carbocycles. The summed E-state index contributed by atoms with van der Waals surface area (Å²) in [6.07, 6.45) is 0. The smallest absolute Gasteiger partial charge is 0.263 e. The van der Waals surface area contributed by atoms with Crippen molar-refractivity contribution in [1.29, 1.82) is 0 Å². The Labute approximate surface area is 196 Å². The highest BCUT2D eigenvalue weighted by atomic mass is 35.5. The van der Waals surface area contributed by atoms with Gasteiger partial charge in [0.1, 0.15) is 22.4 Å². The largest absolute Gasteiger partial charge is 0.378 e. The number of nitrogens with one attached hydrogen (secondary N) is 2. The highest BCUT2D eigenvalue weighted by Crippen LogP contribution is 2.28. The molecular weight excluding hydrogens is 473 g/mol. The Bertz CT molecular complexity index is 1220. The summed E-state index contributed by atoms with van der Waals surface area (Å²) in [5, 5.41) is 3.61. The van der Waals surface area contributed by atoms with Crippen LogP contribution in [0.25, 0.3) is 0 Å². The lowest BCUT2D eigenvalue weighted by Crippen LogP contribution is -2.36. The molecule has 1 aliphatic heterocycles. The van der Waals surface area contributed by atoms with E-state index >= 15 is 0 Å². The molecule has 0 aliphatic carbocycles. The zero-order chi connectivity index (χ0) is 22.7. The molecule has 2 aromatic carbocycles. The van der Waals surface area contributed by atoms with Gasteiger partial charge in [-0.2, -0.15) is 0 Å². The quantitative estimate of drug-likeness (QED) is 0.522. The number of anilines is 4. The summed E-state index contributed by atoms with van der Waals surface area (Å²) in [4.78, 5) is 11.0. The lowest BCUT2D eigenvalue weighted by molar-refractivity contribution is 0.122. The second-order valence-electron chi connectivity index (χ2n) is 7.14. The Morgan fingerprint density at radius 2 is 1.66 bits per heavy atom. The number of ether oxygens (including phenoxy) is 1. The molecule has 32 heavy (non-hydrogen) atoms. The molecule has 4 rings (SSSR count). The van der Waals surface area contributed by atoms with Gasteiger partial charge < -0.3 is 15.0 Å². The predicted molar refractivity (Wildman–Crippen MR) is 127 cm³/mol. The Kier molecular flexibility index (Phi) is 6.71. The summed E-state index contributed by atoms with van der Waals surface area (Å²) >= 11 is 12.0. The second-order valence-corrected chi connectivity index (χ2v) is 9.64. The molecule has 2 N–H and O–H groups in total. The van der Waals surface area contributed by atoms with E-state index in [1.807, 2.05) is 13.0 Å². The van der Waals surface area contributed by atoms with Crippen LogP contribution in [0.2, 0.25) is 10.0 Å². The third-order valence-corrected chi connectivity index (χ3v) is 6.85. The molecule has 0 unspecified atom stereocenters. The van der Waals surface area contributed by atoms with E-state index in [9.17, 15) is 8.42 Å². The minimum Gasteiger partial charge on any atom is -0.378 e. The molecule has 0 atom stereocenters. The van der Waals surface area contributed by atoms with Crippen LogP contribution in [0.3, 0.4) is 0 Å². The first kappa shape index (κ1) is 22.6. The lowest BCUT2D eigenvalue weighted by atomic mass is 10.3. The molecule has 8 nitrogen and oxygen atoms in total. The van der Waals surface area contributed by atoms with Gasteiger partial charge in [0.15, 0.2) is 0 Å². The van der Waals surface area contributed by atoms with E-state index < -0.39 is 10.0 Å². The van der Waals surface area contributed by atoms with Gasteiger partial charge in [-0.15, -0.1) is 0 Å². The number of nitrogens with zero attached hydrogens (tertiary/aromatic N) is 3. The van der Waals surface area contributed by atoms with Gasteiger partial charge in [0.25, 0.3) is 10.0 Å². The Morgan fingerprint density at radius 3 is 2.38 bits per heavy atom. The van der Waals surface area contributed by atoms with Crippen LogP contribution in [0.15, 0.2) is 53.4 Å². The minimum atomic E-state index is -3.89. The van der Waals surface area contributed by atoms with Gasteiger partial charge in [-0.05, 0) is 49.4 Å². The van der Waals surface area contributed by atoms with Crippen LogP contribution >= 0.6 is 23.2 Å². The zero-order valence-electron chi connectivity index (χ0n) is 17.2. The monoisotopic (exact) mass is 493 g/mol. The van der Waals surface area contributed by atoms with Crippen molar-refractivity contribution in [3.05, 3.63) is 64.4 Å². The first-order chi connectivity index (χ1) is 15.3. The maximum Gasteiger partial charge on any atom is 0.263 e. The minimum absolute atomic E-state index is 0.0824. The van der Waals surface area contributed by atoms with E-state index in [0.29, 0.717) is 30.5 Å². The summed E-state index contributed by atoms with van der Waals surface area (Å²) in [6, 6.07) is 13.0. The highest BCUT2D eigenvalue weighted by molar-refractivity contribution is 7.92. The summed E-state index contributed by atoms with van der Waals surface area (Å²) in [5.41, 5.74) is 1.14. The third kappa shape index (κ3) is 5.42. The van der Waals surface area contributed by atoms with Gasteiger partial charge in [-0.3, -0.25) is 4.72 Å². The van der Waals surface area contributed by atoms with Crippen molar-refractivity contribution in [3.63, 3.8) is 0 Å². The number of hydrogen-bond donors (Lipinski definition) is 2. The van der Waals surface area contributed by atoms with E-state index in [-0.39, 0.29) is 14.9 Å². The molecule has 0 bridgehead atoms. The van der Waals surface area contributed by atoms with Gasteiger partial charge in [-0.1, -0.05) is 23.2 Å². The van der Waals surface area contributed by atoms with Crippen LogP contribution in [0.5, 0.6) is 0 Å². The summed E-state index contributed by atoms with van der Waals surface area (Å²) in [6.45, 7) is 4.74. The van der Waals surface area contributed by atoms with Crippen molar-refractivity contribution in [2.75, 3.05) is 41.2 Å². The number of morpholine rings is 1. The standard InChI is InChI=1S/C21H21Cl2N5O3S/c1-14-24-20(13-21(25-14)28-8-10-31-11-9-28)26-16-3-5-17(6-4-16)27-32(29,30)19-12-15(22)2-7-18(19)23/h2-7,12-13,27H,8-11H2,1H3,(H,24,25,26). The average Bonchev–Trinajstić information content (AvgIpc) is 2.77. The molecule has 11 heteroatoms. The molecular formula is C21H21Cl2N5O3S. The topological polar surface area (TPSA) is 96.5 Å². The Hall–Kier alpha value is -2.59. The third-order valence-electron chi connectivity index (χ3n) is 4.75. The maximum absolute atomic E-state index is 12.7. The summed E-state index contributed by atoms with van der Waals surface area (Å²) < 4.78 is 33.3. The van der Waals surface area contributed by atoms with Crippen LogP contribution in [0.4, 0.5) is 23.0 Å². The number of benzene rings is 2. The first-order valence-electron chi connectivity index (χ1n) is 9.83. The Morgan fingerprint density at radius 1 is 0.969 bits per heavy atom. The zero-order valence-corrected chi connectivity index (χ0v) is 19.5. The lowest BCUT2D eigenvalue weighted by Gasteiger charge is -2.28. The summed E-state index contributed by atoms with van der Waals surface area (Å²) in [5.74, 6) is 2.14. The average molecular weight is 494 g/mol. The van der Waals surface area contributed by atoms with Gasteiger partial charge in [0, 0.05) is 35.6 Å². The van der Waals surface area contributed by atoms with Gasteiger partial charge in [-0.25, -0.2) is 18.4 Å². The van der Waals surface area contributed by atoms with Gasteiger partial charge >= 0.3 is 0 Å². The molecule has 1 aliphatic rings. The molecule has 1 fully saturated rings. The van der Waals surface area contributed by atoms with Crippen LogP contribution in [-0.2, 0) is 14.8 Å². The van der Waals surface area contributed by atoms with Crippen molar-refractivity contribution in [3.8, 4) is 0 Å². The van der Waals surface area contributed by atoms with Crippen molar-refractivity contribution in [1.82, 2.24) is 9.97 Å². The molecule has 3 aromatic rings. The van der Waals surface area contributed by atoms with E-state index in [1.54, 1.807) is 24.3 Å². The number of halogens is 2. The highest BCUT2D eigenvalue weighted by Gasteiger charge is 2.19. The Balaban J connectivity index is 1.48. The summed E-state index contributed by atoms with van der Waals surface area (Å²) in [7, 11) is -3.89. The molecule has 0 spiro atoms.